The van der Waals surface area contributed by atoms with Gasteiger partial charge in [-0.3, -0.25) is 4.79 Å². The third-order valence-corrected chi connectivity index (χ3v) is 3.30. The Morgan fingerprint density at radius 3 is 3.12 bits per heavy atom. The molecule has 0 radical (unpaired) electrons. The lowest BCUT2D eigenvalue weighted by Crippen LogP contribution is -2.11. The van der Waals surface area contributed by atoms with Crippen molar-refractivity contribution in [1.29, 1.82) is 0 Å². The number of furan rings is 1. The van der Waals surface area contributed by atoms with Crippen molar-refractivity contribution >= 4 is 21.6 Å². The topological polar surface area (TPSA) is 79.1 Å². The van der Waals surface area contributed by atoms with Gasteiger partial charge in [-0.05, 0) is 12.1 Å². The molecule has 0 spiro atoms. The lowest BCUT2D eigenvalue weighted by molar-refractivity contribution is 0.271. The first-order chi connectivity index (χ1) is 8.29. The lowest BCUT2D eigenvalue weighted by atomic mass is 10.2. The highest BCUT2D eigenvalue weighted by molar-refractivity contribution is 7.17. The van der Waals surface area contributed by atoms with Gasteiger partial charge < -0.3 is 14.5 Å². The maximum Gasteiger partial charge on any atom is 0.260 e. The summed E-state index contributed by atoms with van der Waals surface area (Å²) in [6, 6.07) is 3.56. The molecular formula is C11H8N2O3S. The number of aromatic nitrogens is 2. The fraction of sp³-hybridized carbons (Fsp3) is 0.0909. The molecule has 17 heavy (non-hydrogen) atoms. The molecule has 3 heterocycles. The second kappa shape index (κ2) is 3.83. The molecule has 6 heteroatoms. The molecule has 86 valence electrons. The van der Waals surface area contributed by atoms with Crippen molar-refractivity contribution in [2.45, 2.75) is 6.61 Å². The van der Waals surface area contributed by atoms with E-state index >= 15 is 0 Å². The molecule has 0 aliphatic carbocycles. The van der Waals surface area contributed by atoms with Crippen LogP contribution in [0.1, 0.15) is 5.82 Å². The lowest BCUT2D eigenvalue weighted by Gasteiger charge is -1.96. The second-order valence-corrected chi connectivity index (χ2v) is 4.34. The van der Waals surface area contributed by atoms with Crippen LogP contribution in [-0.2, 0) is 6.61 Å². The molecule has 0 fully saturated rings. The average molecular weight is 248 g/mol. The first-order valence-corrected chi connectivity index (χ1v) is 5.82. The summed E-state index contributed by atoms with van der Waals surface area (Å²) < 4.78 is 5.27. The van der Waals surface area contributed by atoms with Crippen LogP contribution in [0.4, 0.5) is 0 Å². The van der Waals surface area contributed by atoms with E-state index in [1.165, 1.54) is 11.3 Å². The molecule has 0 aliphatic heterocycles. The van der Waals surface area contributed by atoms with Crippen molar-refractivity contribution in [3.8, 4) is 11.3 Å². The molecule has 3 aromatic heterocycles. The number of thiophene rings is 1. The Balaban J connectivity index is 2.33. The van der Waals surface area contributed by atoms with Gasteiger partial charge in [0.2, 0.25) is 0 Å². The quantitative estimate of drug-likeness (QED) is 0.724. The minimum atomic E-state index is -0.279. The van der Waals surface area contributed by atoms with Crippen LogP contribution in [-0.4, -0.2) is 15.1 Å². The van der Waals surface area contributed by atoms with Gasteiger partial charge in [0.05, 0.1) is 11.6 Å². The van der Waals surface area contributed by atoms with Crippen molar-refractivity contribution in [3.63, 3.8) is 0 Å². The Morgan fingerprint density at radius 1 is 1.53 bits per heavy atom. The molecule has 0 aromatic carbocycles. The number of rotatable bonds is 2. The SMILES string of the molecule is O=c1[nH]c(CO)nc2scc(-c3ccco3)c12. The Labute approximate surface area is 99.4 Å². The number of hydrogen-bond acceptors (Lipinski definition) is 5. The van der Waals surface area contributed by atoms with Crippen LogP contribution >= 0.6 is 11.3 Å². The Hall–Kier alpha value is -1.92. The molecule has 0 aliphatic rings. The maximum atomic E-state index is 11.9. The zero-order chi connectivity index (χ0) is 11.8. The van der Waals surface area contributed by atoms with Gasteiger partial charge in [-0.25, -0.2) is 4.98 Å². The molecule has 0 bridgehead atoms. The van der Waals surface area contributed by atoms with Gasteiger partial charge in [-0.2, -0.15) is 0 Å². The van der Waals surface area contributed by atoms with Crippen LogP contribution in [0.15, 0.2) is 33.0 Å². The van der Waals surface area contributed by atoms with Gasteiger partial charge in [0.15, 0.2) is 0 Å². The van der Waals surface area contributed by atoms with Gasteiger partial charge in [0.25, 0.3) is 5.56 Å². The summed E-state index contributed by atoms with van der Waals surface area (Å²) in [6.45, 7) is -0.279. The molecule has 3 aromatic rings. The molecule has 5 nitrogen and oxygen atoms in total. The third kappa shape index (κ3) is 1.58. The number of fused-ring (bicyclic) bond motifs is 1. The zero-order valence-electron chi connectivity index (χ0n) is 8.64. The van der Waals surface area contributed by atoms with Crippen molar-refractivity contribution in [1.82, 2.24) is 9.97 Å². The van der Waals surface area contributed by atoms with Crippen LogP contribution in [0, 0.1) is 0 Å². The van der Waals surface area contributed by atoms with E-state index < -0.39 is 0 Å². The predicted molar refractivity (Wildman–Crippen MR) is 63.9 cm³/mol. The van der Waals surface area contributed by atoms with E-state index in [0.717, 1.165) is 5.56 Å². The number of hydrogen-bond donors (Lipinski definition) is 2. The van der Waals surface area contributed by atoms with Gasteiger partial charge in [0.1, 0.15) is 23.0 Å². The highest BCUT2D eigenvalue weighted by Crippen LogP contribution is 2.30. The van der Waals surface area contributed by atoms with Crippen molar-refractivity contribution in [2.75, 3.05) is 0 Å². The standard InChI is InChI=1S/C11H8N2O3S/c14-4-8-12-10(15)9-6(5-17-11(9)13-8)7-2-1-3-16-7/h1-3,5,14H,4H2,(H,12,13,15). The molecule has 0 saturated heterocycles. The third-order valence-electron chi connectivity index (χ3n) is 2.43. The molecule has 2 N–H and O–H groups in total. The normalized spacial score (nSPS) is 11.1. The minimum absolute atomic E-state index is 0.258. The van der Waals surface area contributed by atoms with E-state index in [-0.39, 0.29) is 18.0 Å². The summed E-state index contributed by atoms with van der Waals surface area (Å²) in [5.74, 6) is 0.913. The number of H-pyrrole nitrogens is 1. The van der Waals surface area contributed by atoms with Crippen molar-refractivity contribution < 1.29 is 9.52 Å². The molecular weight excluding hydrogens is 240 g/mol. The summed E-state index contributed by atoms with van der Waals surface area (Å²) in [6.07, 6.45) is 1.56. The van der Waals surface area contributed by atoms with E-state index in [1.54, 1.807) is 18.4 Å². The second-order valence-electron chi connectivity index (χ2n) is 3.48. The molecule has 0 unspecified atom stereocenters. The number of aliphatic hydroxyl groups excluding tert-OH is 1. The zero-order valence-corrected chi connectivity index (χ0v) is 9.45. The first kappa shape index (κ1) is 10.2. The van der Waals surface area contributed by atoms with E-state index in [4.69, 9.17) is 9.52 Å². The Bertz CT molecular complexity index is 712. The van der Waals surface area contributed by atoms with Crippen LogP contribution in [0.2, 0.25) is 0 Å². The number of aromatic amines is 1. The fourth-order valence-electron chi connectivity index (χ4n) is 1.68. The number of nitrogens with zero attached hydrogens (tertiary/aromatic N) is 1. The van der Waals surface area contributed by atoms with E-state index in [0.29, 0.717) is 16.0 Å². The van der Waals surface area contributed by atoms with Gasteiger partial charge in [0, 0.05) is 10.9 Å². The summed E-state index contributed by atoms with van der Waals surface area (Å²) >= 11 is 1.35. The summed E-state index contributed by atoms with van der Waals surface area (Å²) in [5, 5.41) is 11.3. The monoisotopic (exact) mass is 248 g/mol. The Morgan fingerprint density at radius 2 is 2.41 bits per heavy atom. The molecule has 0 atom stereocenters. The largest absolute Gasteiger partial charge is 0.464 e. The summed E-state index contributed by atoms with van der Waals surface area (Å²) in [5.41, 5.74) is 0.472. The Kier molecular flexibility index (Phi) is 2.31. The predicted octanol–water partition coefficient (Wildman–Crippen LogP) is 1.74. The average Bonchev–Trinajstić information content (AvgIpc) is 2.96. The smallest absolute Gasteiger partial charge is 0.260 e. The molecule has 3 rings (SSSR count). The van der Waals surface area contributed by atoms with Crippen molar-refractivity contribution in [2.24, 2.45) is 0 Å². The highest BCUT2D eigenvalue weighted by atomic mass is 32.1. The first-order valence-electron chi connectivity index (χ1n) is 4.94. The van der Waals surface area contributed by atoms with Gasteiger partial charge in [-0.1, -0.05) is 0 Å². The highest BCUT2D eigenvalue weighted by Gasteiger charge is 2.14. The van der Waals surface area contributed by atoms with E-state index in [1.807, 2.05) is 5.38 Å². The van der Waals surface area contributed by atoms with Crippen LogP contribution < -0.4 is 5.56 Å². The van der Waals surface area contributed by atoms with Gasteiger partial charge >= 0.3 is 0 Å². The number of aliphatic hydroxyl groups is 1. The van der Waals surface area contributed by atoms with Crippen molar-refractivity contribution in [3.05, 3.63) is 40.0 Å². The van der Waals surface area contributed by atoms with Gasteiger partial charge in [-0.15, -0.1) is 11.3 Å². The maximum absolute atomic E-state index is 11.9. The minimum Gasteiger partial charge on any atom is -0.464 e. The van der Waals surface area contributed by atoms with Crippen LogP contribution in [0.3, 0.4) is 0 Å². The fourth-order valence-corrected chi connectivity index (χ4v) is 2.63. The molecule has 0 saturated carbocycles. The van der Waals surface area contributed by atoms with Crippen LogP contribution in [0.5, 0.6) is 0 Å². The number of nitrogens with one attached hydrogen (secondary N) is 1. The van der Waals surface area contributed by atoms with E-state index in [9.17, 15) is 4.79 Å². The molecule has 0 amide bonds. The van der Waals surface area contributed by atoms with E-state index in [2.05, 4.69) is 9.97 Å². The van der Waals surface area contributed by atoms with Crippen LogP contribution in [0.25, 0.3) is 21.5 Å². The summed E-state index contributed by atoms with van der Waals surface area (Å²) in [4.78, 5) is 19.2. The summed E-state index contributed by atoms with van der Waals surface area (Å²) in [7, 11) is 0.